The van der Waals surface area contributed by atoms with Gasteiger partial charge < -0.3 is 20.4 Å². The standard InChI is InChI=1S/C25H29ClN4O5/c1-15(2)14-35-25(33)23(31)12-20(27-24(32)22-13-30(34)29-28-22)10-17-5-7-18(8-6-17)21-11-19(26)9-4-16(21)3/h4-9,11,13,15,20,23,31,34H,10,12,14H2,1-3H3,(H,27,32)/t20-,23-/m1/s1. The molecule has 0 spiro atoms. The Labute approximate surface area is 208 Å². The number of aliphatic hydroxyl groups excluding tert-OH is 1. The number of carbonyl (C=O) groups is 2. The molecule has 0 saturated carbocycles. The number of hydrogen-bond donors (Lipinski definition) is 3. The van der Waals surface area contributed by atoms with Crippen molar-refractivity contribution in [2.24, 2.45) is 5.92 Å². The molecule has 2 atom stereocenters. The predicted molar refractivity (Wildman–Crippen MR) is 130 cm³/mol. The van der Waals surface area contributed by atoms with Crippen molar-refractivity contribution in [2.45, 2.75) is 45.8 Å². The second kappa shape index (κ2) is 11.8. The smallest absolute Gasteiger partial charge is 0.335 e. The first-order valence-corrected chi connectivity index (χ1v) is 11.6. The van der Waals surface area contributed by atoms with E-state index in [4.69, 9.17) is 16.3 Å². The van der Waals surface area contributed by atoms with Gasteiger partial charge in [0.1, 0.15) is 0 Å². The van der Waals surface area contributed by atoms with E-state index in [1.54, 1.807) is 0 Å². The van der Waals surface area contributed by atoms with E-state index in [1.165, 1.54) is 0 Å². The molecule has 9 nitrogen and oxygen atoms in total. The molecule has 3 rings (SSSR count). The number of nitrogens with one attached hydrogen (secondary N) is 1. The lowest BCUT2D eigenvalue weighted by Gasteiger charge is -2.21. The van der Waals surface area contributed by atoms with Gasteiger partial charge in [0.2, 0.25) is 0 Å². The molecule has 0 saturated heterocycles. The number of benzene rings is 2. The molecule has 3 N–H and O–H groups in total. The highest BCUT2D eigenvalue weighted by molar-refractivity contribution is 6.30. The number of halogens is 1. The van der Waals surface area contributed by atoms with Crippen molar-refractivity contribution in [1.29, 1.82) is 0 Å². The van der Waals surface area contributed by atoms with Gasteiger partial charge in [0.15, 0.2) is 11.8 Å². The van der Waals surface area contributed by atoms with Crippen molar-refractivity contribution in [2.75, 3.05) is 6.61 Å². The molecule has 3 aromatic rings. The van der Waals surface area contributed by atoms with Gasteiger partial charge in [-0.2, -0.15) is 0 Å². The molecule has 0 fully saturated rings. The monoisotopic (exact) mass is 500 g/mol. The van der Waals surface area contributed by atoms with Crippen LogP contribution in [0.2, 0.25) is 5.02 Å². The van der Waals surface area contributed by atoms with Crippen LogP contribution in [0.25, 0.3) is 11.1 Å². The quantitative estimate of drug-likeness (QED) is 0.287. The molecular weight excluding hydrogens is 472 g/mol. The van der Waals surface area contributed by atoms with E-state index in [1.807, 2.05) is 63.2 Å². The number of hydrogen-bond acceptors (Lipinski definition) is 7. The third-order valence-electron chi connectivity index (χ3n) is 5.34. The minimum Gasteiger partial charge on any atom is -0.464 e. The molecule has 35 heavy (non-hydrogen) atoms. The molecule has 0 aliphatic carbocycles. The fraction of sp³-hybridized carbons (Fsp3) is 0.360. The molecular formula is C25H29ClN4O5. The van der Waals surface area contributed by atoms with E-state index < -0.39 is 24.0 Å². The summed E-state index contributed by atoms with van der Waals surface area (Å²) in [5, 5.41) is 30.0. The Hall–Kier alpha value is -3.43. The van der Waals surface area contributed by atoms with Crippen LogP contribution in [0.4, 0.5) is 0 Å². The van der Waals surface area contributed by atoms with Crippen LogP contribution in [-0.4, -0.2) is 56.1 Å². The van der Waals surface area contributed by atoms with Gasteiger partial charge in [0.25, 0.3) is 5.91 Å². The van der Waals surface area contributed by atoms with Gasteiger partial charge in [-0.15, -0.1) is 5.10 Å². The van der Waals surface area contributed by atoms with Crippen molar-refractivity contribution >= 4 is 23.5 Å². The Balaban J connectivity index is 1.75. The molecule has 10 heteroatoms. The van der Waals surface area contributed by atoms with Crippen LogP contribution in [0.15, 0.2) is 48.7 Å². The molecule has 1 aromatic heterocycles. The molecule has 1 amide bonds. The minimum atomic E-state index is -1.42. The average Bonchev–Trinajstić information content (AvgIpc) is 3.26. The fourth-order valence-electron chi connectivity index (χ4n) is 3.53. The van der Waals surface area contributed by atoms with Crippen LogP contribution in [0.5, 0.6) is 0 Å². The lowest BCUT2D eigenvalue weighted by atomic mass is 9.96. The summed E-state index contributed by atoms with van der Waals surface area (Å²) in [6.07, 6.45) is -0.0872. The SMILES string of the molecule is Cc1ccc(Cl)cc1-c1ccc(C[C@H](C[C@@H](O)C(=O)OCC(C)C)NC(=O)c2cn(O)nn2)cc1. The summed E-state index contributed by atoms with van der Waals surface area (Å²) in [6, 6.07) is 12.8. The number of aromatic nitrogens is 3. The minimum absolute atomic E-state index is 0.0644. The maximum Gasteiger partial charge on any atom is 0.335 e. The van der Waals surface area contributed by atoms with Gasteiger partial charge >= 0.3 is 5.97 Å². The van der Waals surface area contributed by atoms with Crippen molar-refractivity contribution in [3.05, 3.63) is 70.5 Å². The van der Waals surface area contributed by atoms with E-state index in [-0.39, 0.29) is 24.6 Å². The lowest BCUT2D eigenvalue weighted by Crippen LogP contribution is -2.41. The molecule has 0 aliphatic heterocycles. The first-order valence-electron chi connectivity index (χ1n) is 11.2. The molecule has 0 radical (unpaired) electrons. The average molecular weight is 501 g/mol. The summed E-state index contributed by atoms with van der Waals surface area (Å²) in [4.78, 5) is 25.2. The van der Waals surface area contributed by atoms with Crippen LogP contribution in [0.1, 0.15) is 41.9 Å². The van der Waals surface area contributed by atoms with Crippen LogP contribution in [0.3, 0.4) is 0 Å². The fourth-order valence-corrected chi connectivity index (χ4v) is 3.70. The molecule has 1 heterocycles. The Kier molecular flexibility index (Phi) is 8.84. The topological polar surface area (TPSA) is 127 Å². The third-order valence-corrected chi connectivity index (χ3v) is 5.57. The Morgan fingerprint density at radius 3 is 2.51 bits per heavy atom. The van der Waals surface area contributed by atoms with Crippen LogP contribution < -0.4 is 5.32 Å². The zero-order valence-electron chi connectivity index (χ0n) is 19.8. The first-order chi connectivity index (χ1) is 16.6. The highest BCUT2D eigenvalue weighted by Gasteiger charge is 2.25. The number of esters is 1. The van der Waals surface area contributed by atoms with Crippen molar-refractivity contribution in [3.63, 3.8) is 0 Å². The van der Waals surface area contributed by atoms with Crippen LogP contribution in [0, 0.1) is 12.8 Å². The first kappa shape index (κ1) is 26.2. The highest BCUT2D eigenvalue weighted by atomic mass is 35.5. The number of aliphatic hydroxyl groups is 1. The van der Waals surface area contributed by atoms with Gasteiger partial charge in [-0.1, -0.05) is 60.6 Å². The lowest BCUT2D eigenvalue weighted by molar-refractivity contribution is -0.155. The zero-order valence-corrected chi connectivity index (χ0v) is 20.6. The van der Waals surface area contributed by atoms with E-state index in [2.05, 4.69) is 15.6 Å². The number of rotatable bonds is 10. The molecule has 186 valence electrons. The molecule has 0 bridgehead atoms. The van der Waals surface area contributed by atoms with Crippen molar-refractivity contribution in [1.82, 2.24) is 20.5 Å². The number of carbonyl (C=O) groups excluding carboxylic acids is 2. The van der Waals surface area contributed by atoms with E-state index >= 15 is 0 Å². The van der Waals surface area contributed by atoms with Crippen LogP contribution in [-0.2, 0) is 16.0 Å². The molecule has 0 aliphatic rings. The predicted octanol–water partition coefficient (Wildman–Crippen LogP) is 3.44. The van der Waals surface area contributed by atoms with Gasteiger partial charge in [0.05, 0.1) is 12.8 Å². The number of ether oxygens (including phenoxy) is 1. The van der Waals surface area contributed by atoms with Gasteiger partial charge in [0, 0.05) is 17.5 Å². The Morgan fingerprint density at radius 2 is 1.89 bits per heavy atom. The second-order valence-corrected chi connectivity index (χ2v) is 9.27. The summed E-state index contributed by atoms with van der Waals surface area (Å²) in [7, 11) is 0. The van der Waals surface area contributed by atoms with E-state index in [0.717, 1.165) is 28.5 Å². The van der Waals surface area contributed by atoms with Gasteiger partial charge in [-0.3, -0.25) is 4.79 Å². The summed E-state index contributed by atoms with van der Waals surface area (Å²) in [5.41, 5.74) is 3.89. The summed E-state index contributed by atoms with van der Waals surface area (Å²) in [6.45, 7) is 5.99. The number of nitrogens with zero attached hydrogens (tertiary/aromatic N) is 3. The summed E-state index contributed by atoms with van der Waals surface area (Å²) < 4.78 is 5.12. The third kappa shape index (κ3) is 7.53. The summed E-state index contributed by atoms with van der Waals surface area (Å²) in [5.74, 6) is -1.21. The number of aryl methyl sites for hydroxylation is 1. The number of amides is 1. The van der Waals surface area contributed by atoms with Gasteiger partial charge in [-0.05, 0) is 58.9 Å². The molecule has 0 unspecified atom stereocenters. The Bertz CT molecular complexity index is 1160. The maximum absolute atomic E-state index is 12.6. The van der Waals surface area contributed by atoms with Gasteiger partial charge in [-0.25, -0.2) is 4.79 Å². The molecule has 2 aromatic carbocycles. The van der Waals surface area contributed by atoms with Crippen molar-refractivity contribution < 1.29 is 24.6 Å². The van der Waals surface area contributed by atoms with E-state index in [9.17, 15) is 19.9 Å². The van der Waals surface area contributed by atoms with Crippen LogP contribution >= 0.6 is 11.6 Å². The van der Waals surface area contributed by atoms with Crippen molar-refractivity contribution in [3.8, 4) is 11.1 Å². The van der Waals surface area contributed by atoms with E-state index in [0.29, 0.717) is 16.3 Å². The zero-order chi connectivity index (χ0) is 25.5. The second-order valence-electron chi connectivity index (χ2n) is 8.83. The normalized spacial score (nSPS) is 12.9. The largest absolute Gasteiger partial charge is 0.464 e. The maximum atomic E-state index is 12.6. The highest BCUT2D eigenvalue weighted by Crippen LogP contribution is 2.27. The Morgan fingerprint density at radius 1 is 1.17 bits per heavy atom. The summed E-state index contributed by atoms with van der Waals surface area (Å²) >= 11 is 6.15.